The predicted molar refractivity (Wildman–Crippen MR) is 99.0 cm³/mol. The lowest BCUT2D eigenvalue weighted by Crippen LogP contribution is -2.27. The third-order valence-electron chi connectivity index (χ3n) is 5.74. The molecule has 0 fully saturated rings. The van der Waals surface area contributed by atoms with Crippen LogP contribution in [0.2, 0.25) is 0 Å². The summed E-state index contributed by atoms with van der Waals surface area (Å²) >= 11 is 0. The second-order valence-corrected chi connectivity index (χ2v) is 9.64. The molecule has 5 heteroatoms. The van der Waals surface area contributed by atoms with Crippen molar-refractivity contribution >= 4 is 16.1 Å². The Labute approximate surface area is 145 Å². The van der Waals surface area contributed by atoms with Crippen LogP contribution < -0.4 is 5.14 Å². The number of benzene rings is 1. The molecule has 134 valence electrons. The summed E-state index contributed by atoms with van der Waals surface area (Å²) in [6.07, 6.45) is 3.70. The van der Waals surface area contributed by atoms with E-state index in [-0.39, 0.29) is 17.4 Å². The van der Waals surface area contributed by atoms with Crippen LogP contribution in [0.25, 0.3) is 6.08 Å². The Bertz CT molecular complexity index is 761. The van der Waals surface area contributed by atoms with Crippen molar-refractivity contribution in [3.63, 3.8) is 0 Å². The lowest BCUT2D eigenvalue weighted by molar-refractivity contribution is 0.281. The van der Waals surface area contributed by atoms with Crippen LogP contribution in [0.4, 0.5) is 0 Å². The number of aliphatic hydroxyl groups is 1. The highest BCUT2D eigenvalue weighted by molar-refractivity contribution is 7.92. The van der Waals surface area contributed by atoms with Crippen LogP contribution >= 0.6 is 0 Å². The number of nitrogens with two attached hydrogens (primary N) is 1. The number of hydrogen-bond acceptors (Lipinski definition) is 3. The number of aliphatic hydroxyl groups excluding tert-OH is 1. The lowest BCUT2D eigenvalue weighted by Gasteiger charge is -2.34. The van der Waals surface area contributed by atoms with Gasteiger partial charge in [-0.1, -0.05) is 46.8 Å². The Balaban J connectivity index is 2.74. The minimum atomic E-state index is -3.70. The highest BCUT2D eigenvalue weighted by Crippen LogP contribution is 2.47. The van der Waals surface area contributed by atoms with Gasteiger partial charge in [0.2, 0.25) is 10.0 Å². The summed E-state index contributed by atoms with van der Waals surface area (Å²) < 4.78 is 22.5. The maximum Gasteiger partial charge on any atom is 0.231 e. The number of rotatable bonds is 3. The van der Waals surface area contributed by atoms with Crippen LogP contribution in [0.5, 0.6) is 0 Å². The molecule has 1 aromatic rings. The zero-order valence-corrected chi connectivity index (χ0v) is 16.1. The van der Waals surface area contributed by atoms with Crippen LogP contribution in [0.15, 0.2) is 17.5 Å². The molecule has 0 aliphatic heterocycles. The molecule has 1 atom stereocenters. The maximum absolute atomic E-state index is 11.3. The molecule has 1 aromatic carbocycles. The fourth-order valence-electron chi connectivity index (χ4n) is 3.55. The summed E-state index contributed by atoms with van der Waals surface area (Å²) in [4.78, 5) is 0. The molecule has 1 unspecified atom stereocenters. The Morgan fingerprint density at radius 2 is 1.88 bits per heavy atom. The van der Waals surface area contributed by atoms with E-state index in [1.807, 2.05) is 12.1 Å². The van der Waals surface area contributed by atoms with Crippen molar-refractivity contribution in [1.82, 2.24) is 0 Å². The van der Waals surface area contributed by atoms with E-state index in [9.17, 15) is 13.5 Å². The highest BCUT2D eigenvalue weighted by Gasteiger charge is 2.38. The molecule has 0 aromatic heterocycles. The van der Waals surface area contributed by atoms with Crippen molar-refractivity contribution in [3.05, 3.63) is 39.8 Å². The number of fused-ring (bicyclic) bond motifs is 1. The van der Waals surface area contributed by atoms with E-state index in [4.69, 9.17) is 5.14 Å². The average molecular weight is 352 g/mol. The van der Waals surface area contributed by atoms with Crippen LogP contribution in [0, 0.1) is 5.92 Å². The molecule has 1 aliphatic rings. The monoisotopic (exact) mass is 351 g/mol. The molecule has 0 bridgehead atoms. The summed E-state index contributed by atoms with van der Waals surface area (Å²) in [6, 6.07) is 4.07. The first-order chi connectivity index (χ1) is 10.9. The fourth-order valence-corrected chi connectivity index (χ4v) is 3.89. The van der Waals surface area contributed by atoms with E-state index in [1.165, 1.54) is 17.2 Å². The van der Waals surface area contributed by atoms with Crippen LogP contribution in [-0.2, 0) is 27.5 Å². The predicted octanol–water partition coefficient (Wildman–Crippen LogP) is 3.42. The minimum absolute atomic E-state index is 0.0173. The van der Waals surface area contributed by atoms with Gasteiger partial charge in [-0.05, 0) is 57.9 Å². The zero-order valence-electron chi connectivity index (χ0n) is 15.3. The second-order valence-electron chi connectivity index (χ2n) is 8.19. The number of primary sulfonamides is 1. The van der Waals surface area contributed by atoms with Gasteiger partial charge < -0.3 is 5.11 Å². The first-order valence-corrected chi connectivity index (χ1v) is 9.99. The van der Waals surface area contributed by atoms with Crippen molar-refractivity contribution in [1.29, 1.82) is 0 Å². The summed E-state index contributed by atoms with van der Waals surface area (Å²) in [6.45, 7) is 11.1. The standard InChI is InChI=1S/C19H29NO3S/c1-13-6-8-18(2,3)16-11-15(12-21)14(7-9-24(20,22)23)10-17(16)19(13,4)5/h7,9-11,13,21H,6,8,12H2,1-5H3,(H2,20,22,23)/b9-7+. The molecule has 4 nitrogen and oxygen atoms in total. The fraction of sp³-hybridized carbons (Fsp3) is 0.579. The summed E-state index contributed by atoms with van der Waals surface area (Å²) in [5.74, 6) is 0.507. The number of hydrogen-bond donors (Lipinski definition) is 2. The van der Waals surface area contributed by atoms with Gasteiger partial charge in [0.15, 0.2) is 0 Å². The van der Waals surface area contributed by atoms with Gasteiger partial charge in [0.05, 0.1) is 6.61 Å². The third kappa shape index (κ3) is 3.73. The van der Waals surface area contributed by atoms with Crippen molar-refractivity contribution < 1.29 is 13.5 Å². The average Bonchev–Trinajstić information content (AvgIpc) is 2.53. The molecule has 1 aliphatic carbocycles. The van der Waals surface area contributed by atoms with E-state index in [0.29, 0.717) is 11.5 Å². The molecular weight excluding hydrogens is 322 g/mol. The molecule has 0 amide bonds. The van der Waals surface area contributed by atoms with Gasteiger partial charge in [0.25, 0.3) is 0 Å². The van der Waals surface area contributed by atoms with Crippen molar-refractivity contribution in [3.8, 4) is 0 Å². The molecule has 24 heavy (non-hydrogen) atoms. The van der Waals surface area contributed by atoms with E-state index >= 15 is 0 Å². The maximum atomic E-state index is 11.3. The number of sulfonamides is 1. The van der Waals surface area contributed by atoms with Gasteiger partial charge in [-0.15, -0.1) is 0 Å². The lowest BCUT2D eigenvalue weighted by atomic mass is 9.71. The van der Waals surface area contributed by atoms with Gasteiger partial charge >= 0.3 is 0 Å². The van der Waals surface area contributed by atoms with Crippen molar-refractivity contribution in [2.75, 3.05) is 0 Å². The molecule has 0 saturated heterocycles. The SMILES string of the molecule is CC1CCC(C)(C)c2cc(CO)c(/C=C/S(N)(=O)=O)cc2C1(C)C. The van der Waals surface area contributed by atoms with Gasteiger partial charge in [0.1, 0.15) is 0 Å². The van der Waals surface area contributed by atoms with Crippen molar-refractivity contribution in [2.45, 2.75) is 64.9 Å². The van der Waals surface area contributed by atoms with E-state index < -0.39 is 10.0 Å². The van der Waals surface area contributed by atoms with Gasteiger partial charge in [0, 0.05) is 5.41 Å². The van der Waals surface area contributed by atoms with Crippen molar-refractivity contribution in [2.24, 2.45) is 11.1 Å². The first kappa shape index (κ1) is 19.2. The molecule has 0 saturated carbocycles. The van der Waals surface area contributed by atoms with Gasteiger partial charge in [-0.25, -0.2) is 13.6 Å². The Hall–Kier alpha value is -1.17. The Morgan fingerprint density at radius 3 is 2.42 bits per heavy atom. The van der Waals surface area contributed by atoms with Crippen LogP contribution in [-0.4, -0.2) is 13.5 Å². The normalized spacial score (nSPS) is 23.0. The van der Waals surface area contributed by atoms with Gasteiger partial charge in [-0.2, -0.15) is 0 Å². The molecule has 3 N–H and O–H groups in total. The summed E-state index contributed by atoms with van der Waals surface area (Å²) in [5.41, 5.74) is 3.90. The first-order valence-electron chi connectivity index (χ1n) is 8.38. The van der Waals surface area contributed by atoms with Gasteiger partial charge in [-0.3, -0.25) is 0 Å². The molecule has 2 rings (SSSR count). The Morgan fingerprint density at radius 1 is 1.25 bits per heavy atom. The highest BCUT2D eigenvalue weighted by atomic mass is 32.2. The quantitative estimate of drug-likeness (QED) is 0.819. The van der Waals surface area contributed by atoms with Crippen LogP contribution in [0.3, 0.4) is 0 Å². The molecule has 0 radical (unpaired) electrons. The van der Waals surface area contributed by atoms with Crippen LogP contribution in [0.1, 0.15) is 69.7 Å². The topological polar surface area (TPSA) is 80.4 Å². The molecule has 0 heterocycles. The summed E-state index contributed by atoms with van der Waals surface area (Å²) in [7, 11) is -3.70. The Kier molecular flexibility index (Phi) is 5.01. The second kappa shape index (κ2) is 6.28. The van der Waals surface area contributed by atoms with E-state index in [2.05, 4.69) is 34.6 Å². The smallest absolute Gasteiger partial charge is 0.231 e. The minimum Gasteiger partial charge on any atom is -0.392 e. The largest absolute Gasteiger partial charge is 0.392 e. The summed E-state index contributed by atoms with van der Waals surface area (Å²) in [5, 5.41) is 15.8. The zero-order chi connectivity index (χ0) is 18.3. The molecular formula is C19H29NO3S. The third-order valence-corrected chi connectivity index (χ3v) is 6.26. The van der Waals surface area contributed by atoms with E-state index in [0.717, 1.165) is 23.8 Å². The van der Waals surface area contributed by atoms with E-state index in [1.54, 1.807) is 0 Å². The molecule has 0 spiro atoms.